The van der Waals surface area contributed by atoms with E-state index in [9.17, 15) is 27.7 Å². The number of nitro groups is 1. The molecule has 10 heteroatoms. The van der Waals surface area contributed by atoms with Gasteiger partial charge in [0.25, 0.3) is 5.69 Å². The summed E-state index contributed by atoms with van der Waals surface area (Å²) in [6.45, 7) is 2.11. The molecule has 0 aromatic heterocycles. The number of carbonyl (C=O) groups excluding carboxylic acids is 1. The number of halogens is 1. The van der Waals surface area contributed by atoms with Crippen molar-refractivity contribution in [3.8, 4) is 0 Å². The molecule has 0 bridgehead atoms. The summed E-state index contributed by atoms with van der Waals surface area (Å²) in [5, 5.41) is 11.1. The maximum absolute atomic E-state index is 14.1. The lowest BCUT2D eigenvalue weighted by Crippen LogP contribution is -2.45. The van der Waals surface area contributed by atoms with Gasteiger partial charge in [-0.1, -0.05) is 24.3 Å². The first-order valence-corrected chi connectivity index (χ1v) is 12.4. The standard InChI is InChI=1S/C23H26FN3O5S/c1-16-6-7-20(27(29)30)14-22(16)33(31,32)25-12-10-17(11-13-25)23(28)26(19-8-9-19)15-18-4-2-3-5-21(18)24/h2-7,14,17,19H,8-13,15H2,1H3. The lowest BCUT2D eigenvalue weighted by molar-refractivity contribution is -0.385. The van der Waals surface area contributed by atoms with Gasteiger partial charge in [-0.05, 0) is 44.2 Å². The average Bonchev–Trinajstić information content (AvgIpc) is 3.63. The van der Waals surface area contributed by atoms with Crippen LogP contribution in [-0.2, 0) is 21.4 Å². The molecule has 0 unspecified atom stereocenters. The van der Waals surface area contributed by atoms with Crippen LogP contribution in [0.3, 0.4) is 0 Å². The molecule has 4 rings (SSSR count). The van der Waals surface area contributed by atoms with Crippen LogP contribution in [0.4, 0.5) is 10.1 Å². The van der Waals surface area contributed by atoms with Gasteiger partial charge in [-0.3, -0.25) is 14.9 Å². The first-order chi connectivity index (χ1) is 15.7. The lowest BCUT2D eigenvalue weighted by Gasteiger charge is -2.34. The van der Waals surface area contributed by atoms with Crippen molar-refractivity contribution in [3.63, 3.8) is 0 Å². The molecule has 1 heterocycles. The molecule has 2 aliphatic rings. The smallest absolute Gasteiger partial charge is 0.270 e. The monoisotopic (exact) mass is 475 g/mol. The molecule has 176 valence electrons. The van der Waals surface area contributed by atoms with Crippen molar-refractivity contribution in [1.29, 1.82) is 0 Å². The molecule has 1 aliphatic heterocycles. The number of benzene rings is 2. The van der Waals surface area contributed by atoms with Gasteiger partial charge in [-0.25, -0.2) is 12.8 Å². The third kappa shape index (κ3) is 4.91. The molecule has 1 amide bonds. The van der Waals surface area contributed by atoms with Crippen molar-refractivity contribution in [3.05, 3.63) is 69.5 Å². The van der Waals surface area contributed by atoms with Crippen molar-refractivity contribution < 1.29 is 22.5 Å². The van der Waals surface area contributed by atoms with Crippen LogP contribution in [0.15, 0.2) is 47.4 Å². The Kier molecular flexibility index (Phi) is 6.49. The van der Waals surface area contributed by atoms with E-state index in [1.807, 2.05) is 0 Å². The second-order valence-corrected chi connectivity index (χ2v) is 10.6. The van der Waals surface area contributed by atoms with E-state index in [1.165, 1.54) is 22.5 Å². The molecule has 2 fully saturated rings. The molecule has 1 saturated heterocycles. The Morgan fingerprint density at radius 2 is 1.82 bits per heavy atom. The molecule has 0 N–H and O–H groups in total. The first-order valence-electron chi connectivity index (χ1n) is 11.0. The molecular weight excluding hydrogens is 449 g/mol. The fourth-order valence-corrected chi connectivity index (χ4v) is 5.99. The van der Waals surface area contributed by atoms with Crippen LogP contribution in [0.2, 0.25) is 0 Å². The van der Waals surface area contributed by atoms with Gasteiger partial charge in [0.15, 0.2) is 0 Å². The van der Waals surface area contributed by atoms with E-state index in [0.29, 0.717) is 24.0 Å². The normalized spacial score (nSPS) is 17.6. The minimum atomic E-state index is -3.92. The van der Waals surface area contributed by atoms with Gasteiger partial charge in [-0.2, -0.15) is 4.31 Å². The quantitative estimate of drug-likeness (QED) is 0.450. The predicted molar refractivity (Wildman–Crippen MR) is 119 cm³/mol. The predicted octanol–water partition coefficient (Wildman–Crippen LogP) is 3.63. The minimum absolute atomic E-state index is 0.0654. The van der Waals surface area contributed by atoms with E-state index in [0.717, 1.165) is 18.9 Å². The van der Waals surface area contributed by atoms with Crippen molar-refractivity contribution in [1.82, 2.24) is 9.21 Å². The zero-order valence-corrected chi connectivity index (χ0v) is 19.1. The number of aryl methyl sites for hydroxylation is 1. The van der Waals surface area contributed by atoms with Crippen LogP contribution in [0.5, 0.6) is 0 Å². The Balaban J connectivity index is 1.46. The molecule has 2 aromatic rings. The van der Waals surface area contributed by atoms with E-state index >= 15 is 0 Å². The molecule has 0 radical (unpaired) electrons. The maximum Gasteiger partial charge on any atom is 0.270 e. The molecule has 1 saturated carbocycles. The van der Waals surface area contributed by atoms with Gasteiger partial charge in [0, 0.05) is 49.3 Å². The van der Waals surface area contributed by atoms with Crippen LogP contribution in [0, 0.1) is 28.8 Å². The van der Waals surface area contributed by atoms with Crippen LogP contribution < -0.4 is 0 Å². The summed E-state index contributed by atoms with van der Waals surface area (Å²) in [4.78, 5) is 25.4. The summed E-state index contributed by atoms with van der Waals surface area (Å²) >= 11 is 0. The van der Waals surface area contributed by atoms with Crippen LogP contribution in [-0.4, -0.2) is 47.6 Å². The maximum atomic E-state index is 14.1. The highest BCUT2D eigenvalue weighted by Gasteiger charge is 2.39. The summed E-state index contributed by atoms with van der Waals surface area (Å²) in [5.74, 6) is -0.747. The molecule has 2 aromatic carbocycles. The largest absolute Gasteiger partial charge is 0.335 e. The van der Waals surface area contributed by atoms with Crippen LogP contribution in [0.25, 0.3) is 0 Å². The van der Waals surface area contributed by atoms with E-state index in [2.05, 4.69) is 0 Å². The third-order valence-electron chi connectivity index (χ3n) is 6.37. The number of rotatable bonds is 7. The molecular formula is C23H26FN3O5S. The Hall–Kier alpha value is -2.85. The number of non-ortho nitro benzene ring substituents is 1. The summed E-state index contributed by atoms with van der Waals surface area (Å²) < 4.78 is 41.7. The summed E-state index contributed by atoms with van der Waals surface area (Å²) in [7, 11) is -3.92. The van der Waals surface area contributed by atoms with E-state index in [1.54, 1.807) is 30.0 Å². The van der Waals surface area contributed by atoms with Gasteiger partial charge in [0.05, 0.1) is 9.82 Å². The van der Waals surface area contributed by atoms with Crippen LogP contribution >= 0.6 is 0 Å². The number of amides is 1. The fraction of sp³-hybridized carbons (Fsp3) is 0.435. The van der Waals surface area contributed by atoms with Gasteiger partial charge in [-0.15, -0.1) is 0 Å². The number of hydrogen-bond donors (Lipinski definition) is 0. The van der Waals surface area contributed by atoms with E-state index in [-0.39, 0.29) is 53.9 Å². The summed E-state index contributed by atoms with van der Waals surface area (Å²) in [6, 6.07) is 10.3. The molecule has 0 spiro atoms. The second-order valence-electron chi connectivity index (χ2n) is 8.67. The highest BCUT2D eigenvalue weighted by molar-refractivity contribution is 7.89. The van der Waals surface area contributed by atoms with Gasteiger partial charge < -0.3 is 4.90 Å². The summed E-state index contributed by atoms with van der Waals surface area (Å²) in [6.07, 6.45) is 2.48. The average molecular weight is 476 g/mol. The molecule has 8 nitrogen and oxygen atoms in total. The topological polar surface area (TPSA) is 101 Å². The third-order valence-corrected chi connectivity index (χ3v) is 8.41. The van der Waals surface area contributed by atoms with Crippen molar-refractivity contribution in [2.75, 3.05) is 13.1 Å². The number of carbonyl (C=O) groups is 1. The number of hydrogen-bond acceptors (Lipinski definition) is 5. The minimum Gasteiger partial charge on any atom is -0.335 e. The molecule has 0 atom stereocenters. The SMILES string of the molecule is Cc1ccc([N+](=O)[O-])cc1S(=O)(=O)N1CCC(C(=O)N(Cc2ccccc2F)C2CC2)CC1. The second kappa shape index (κ2) is 9.18. The Labute approximate surface area is 192 Å². The Morgan fingerprint density at radius 1 is 1.15 bits per heavy atom. The summed E-state index contributed by atoms with van der Waals surface area (Å²) in [5.41, 5.74) is 0.625. The highest BCUT2D eigenvalue weighted by atomic mass is 32.2. The Morgan fingerprint density at radius 3 is 2.42 bits per heavy atom. The first kappa shape index (κ1) is 23.3. The van der Waals surface area contributed by atoms with E-state index in [4.69, 9.17) is 0 Å². The van der Waals surface area contributed by atoms with Gasteiger partial charge in [0.1, 0.15) is 5.82 Å². The zero-order valence-electron chi connectivity index (χ0n) is 18.3. The van der Waals surface area contributed by atoms with E-state index < -0.39 is 14.9 Å². The Bertz CT molecular complexity index is 1170. The number of piperidine rings is 1. The van der Waals surface area contributed by atoms with Crippen LogP contribution in [0.1, 0.15) is 36.8 Å². The fourth-order valence-electron chi connectivity index (χ4n) is 4.28. The number of sulfonamides is 1. The zero-order chi connectivity index (χ0) is 23.8. The number of nitrogens with zero attached hydrogens (tertiary/aromatic N) is 3. The van der Waals surface area contributed by atoms with Gasteiger partial charge >= 0.3 is 0 Å². The number of nitro benzene ring substituents is 1. The van der Waals surface area contributed by atoms with Crippen molar-refractivity contribution in [2.45, 2.75) is 50.1 Å². The van der Waals surface area contributed by atoms with Crippen molar-refractivity contribution in [2.24, 2.45) is 5.92 Å². The molecule has 1 aliphatic carbocycles. The highest BCUT2D eigenvalue weighted by Crippen LogP contribution is 2.33. The molecule has 33 heavy (non-hydrogen) atoms. The lowest BCUT2D eigenvalue weighted by atomic mass is 9.96. The van der Waals surface area contributed by atoms with Crippen molar-refractivity contribution >= 4 is 21.6 Å². The van der Waals surface area contributed by atoms with Gasteiger partial charge in [0.2, 0.25) is 15.9 Å².